The van der Waals surface area contributed by atoms with Gasteiger partial charge in [0.2, 0.25) is 0 Å². The molecule has 0 radical (unpaired) electrons. The third-order valence-electron chi connectivity index (χ3n) is 10.3. The van der Waals surface area contributed by atoms with E-state index >= 15 is 0 Å². The van der Waals surface area contributed by atoms with E-state index in [1.807, 2.05) is 66.7 Å². The van der Waals surface area contributed by atoms with Gasteiger partial charge < -0.3 is 8.82 Å². The maximum absolute atomic E-state index is 14.5. The van der Waals surface area contributed by atoms with Crippen LogP contribution in [-0.2, 0) is 10.8 Å². The van der Waals surface area contributed by atoms with Crippen LogP contribution in [0.25, 0.3) is 82.4 Å². The molecular formula is C45H36N2O3. The van der Waals surface area contributed by atoms with E-state index in [1.165, 1.54) is 0 Å². The van der Waals surface area contributed by atoms with Crippen LogP contribution < -0.4 is 10.9 Å². The SMILES string of the molecule is CC(C)(C)c1ccc2c(=O)c3cc(-c4ccc5c(c4)oc4c(-c6ccccn6)cccc45)cc4c(=O)c5ccc(C(C)(C)C)cc5n(c2c1)c34. The fourth-order valence-corrected chi connectivity index (χ4v) is 7.50. The predicted molar refractivity (Wildman–Crippen MR) is 207 cm³/mol. The number of fused-ring (bicyclic) bond motifs is 7. The van der Waals surface area contributed by atoms with Gasteiger partial charge in [-0.05, 0) is 99.8 Å². The molecule has 0 saturated heterocycles. The average molecular weight is 653 g/mol. The van der Waals surface area contributed by atoms with E-state index in [2.05, 4.69) is 87.3 Å². The first-order valence-corrected chi connectivity index (χ1v) is 17.1. The van der Waals surface area contributed by atoms with Crippen LogP contribution in [0.2, 0.25) is 0 Å². The van der Waals surface area contributed by atoms with Crippen LogP contribution >= 0.6 is 0 Å². The summed E-state index contributed by atoms with van der Waals surface area (Å²) >= 11 is 0. The van der Waals surface area contributed by atoms with E-state index in [-0.39, 0.29) is 21.7 Å². The van der Waals surface area contributed by atoms with Crippen molar-refractivity contribution in [1.82, 2.24) is 9.38 Å². The summed E-state index contributed by atoms with van der Waals surface area (Å²) in [4.78, 5) is 33.5. The minimum Gasteiger partial charge on any atom is -0.455 e. The summed E-state index contributed by atoms with van der Waals surface area (Å²) < 4.78 is 8.69. The molecule has 244 valence electrons. The molecule has 4 heterocycles. The Labute approximate surface area is 288 Å². The Bertz CT molecular complexity index is 2850. The number of nitrogens with zero attached hydrogens (tertiary/aromatic N) is 2. The lowest BCUT2D eigenvalue weighted by Gasteiger charge is -2.23. The van der Waals surface area contributed by atoms with Crippen molar-refractivity contribution in [1.29, 1.82) is 0 Å². The zero-order valence-corrected chi connectivity index (χ0v) is 29.0. The standard InChI is InChI=1S/C45H36N2O3/c1-44(2,3)27-14-17-32-37(23-27)47-38-24-28(45(4,5)6)15-18-33(38)42(49)35-21-26(20-34(40(35)47)41(32)48)25-13-16-29-30-10-9-11-31(36-12-7-8-19-46-36)43(30)50-39(29)22-25/h7-24H,1-6H3. The second kappa shape index (κ2) is 10.3. The number of para-hydroxylation sites is 1. The van der Waals surface area contributed by atoms with Crippen LogP contribution in [0.4, 0.5) is 0 Å². The first-order valence-electron chi connectivity index (χ1n) is 17.1. The van der Waals surface area contributed by atoms with Crippen molar-refractivity contribution >= 4 is 60.0 Å². The van der Waals surface area contributed by atoms with Crippen LogP contribution in [-0.4, -0.2) is 9.38 Å². The Morgan fingerprint density at radius 1 is 0.560 bits per heavy atom. The normalized spacial score (nSPS) is 12.8. The van der Waals surface area contributed by atoms with Gasteiger partial charge in [0.05, 0.1) is 22.2 Å². The van der Waals surface area contributed by atoms with E-state index < -0.39 is 0 Å². The Morgan fingerprint density at radius 2 is 1.18 bits per heavy atom. The van der Waals surface area contributed by atoms with Crippen molar-refractivity contribution in [2.24, 2.45) is 0 Å². The molecule has 5 aromatic carbocycles. The highest BCUT2D eigenvalue weighted by Gasteiger charge is 2.23. The third kappa shape index (κ3) is 4.42. The van der Waals surface area contributed by atoms with Crippen LogP contribution in [0.15, 0.2) is 123 Å². The average Bonchev–Trinajstić information content (AvgIpc) is 3.48. The lowest BCUT2D eigenvalue weighted by molar-refractivity contribution is 0.591. The van der Waals surface area contributed by atoms with Gasteiger partial charge in [-0.3, -0.25) is 14.6 Å². The number of hydrogen-bond donors (Lipinski definition) is 0. The number of rotatable bonds is 2. The minimum atomic E-state index is -0.125. The van der Waals surface area contributed by atoms with E-state index in [4.69, 9.17) is 4.42 Å². The molecular weight excluding hydrogens is 617 g/mol. The summed E-state index contributed by atoms with van der Waals surface area (Å²) in [5, 5.41) is 4.31. The van der Waals surface area contributed by atoms with Gasteiger partial charge in [-0.2, -0.15) is 0 Å². The lowest BCUT2D eigenvalue weighted by atomic mass is 9.85. The Balaban J connectivity index is 1.36. The monoisotopic (exact) mass is 652 g/mol. The Kier molecular flexibility index (Phi) is 6.26. The maximum Gasteiger partial charge on any atom is 0.197 e. The smallest absolute Gasteiger partial charge is 0.197 e. The van der Waals surface area contributed by atoms with Crippen molar-refractivity contribution in [2.75, 3.05) is 0 Å². The summed E-state index contributed by atoms with van der Waals surface area (Å²) in [6.45, 7) is 13.1. The number of furan rings is 1. The Hall–Kier alpha value is -5.81. The van der Waals surface area contributed by atoms with Crippen LogP contribution in [0, 0.1) is 0 Å². The zero-order valence-electron chi connectivity index (χ0n) is 29.0. The molecule has 50 heavy (non-hydrogen) atoms. The van der Waals surface area contributed by atoms with Crippen LogP contribution in [0.1, 0.15) is 52.7 Å². The van der Waals surface area contributed by atoms with Gasteiger partial charge in [-0.25, -0.2) is 0 Å². The van der Waals surface area contributed by atoms with Gasteiger partial charge in [0.1, 0.15) is 11.2 Å². The lowest BCUT2D eigenvalue weighted by Crippen LogP contribution is -2.17. The molecule has 0 unspecified atom stereocenters. The van der Waals surface area contributed by atoms with Gasteiger partial charge in [-0.1, -0.05) is 77.9 Å². The quantitative estimate of drug-likeness (QED) is 0.138. The highest BCUT2D eigenvalue weighted by molar-refractivity contribution is 6.12. The van der Waals surface area contributed by atoms with E-state index in [0.29, 0.717) is 27.1 Å². The fraction of sp³-hybridized carbons (Fsp3) is 0.178. The number of benzene rings is 5. The van der Waals surface area contributed by atoms with Gasteiger partial charge in [-0.15, -0.1) is 0 Å². The molecule has 0 fully saturated rings. The largest absolute Gasteiger partial charge is 0.455 e. The topological polar surface area (TPSA) is 64.6 Å². The molecule has 9 rings (SSSR count). The van der Waals surface area contributed by atoms with E-state index in [1.54, 1.807) is 6.20 Å². The first kappa shape index (κ1) is 30.3. The molecule has 5 nitrogen and oxygen atoms in total. The van der Waals surface area contributed by atoms with Crippen molar-refractivity contribution < 1.29 is 4.42 Å². The molecule has 0 amide bonds. The number of pyridine rings is 3. The summed E-state index contributed by atoms with van der Waals surface area (Å²) in [6, 6.07) is 34.3. The molecule has 0 aliphatic heterocycles. The second-order valence-corrected chi connectivity index (χ2v) is 15.6. The highest BCUT2D eigenvalue weighted by atomic mass is 16.3. The predicted octanol–water partition coefficient (Wildman–Crippen LogP) is 10.8. The van der Waals surface area contributed by atoms with Crippen molar-refractivity contribution in [3.8, 4) is 22.4 Å². The molecule has 0 saturated carbocycles. The summed E-state index contributed by atoms with van der Waals surface area (Å²) in [5.41, 5.74) is 9.06. The minimum absolute atomic E-state index is 0.0807. The molecule has 0 spiro atoms. The number of hydrogen-bond acceptors (Lipinski definition) is 4. The molecule has 0 bridgehead atoms. The van der Waals surface area contributed by atoms with Gasteiger partial charge in [0.25, 0.3) is 0 Å². The molecule has 0 aliphatic carbocycles. The van der Waals surface area contributed by atoms with Crippen LogP contribution in [0.3, 0.4) is 0 Å². The van der Waals surface area contributed by atoms with Crippen LogP contribution in [0.5, 0.6) is 0 Å². The third-order valence-corrected chi connectivity index (χ3v) is 10.3. The van der Waals surface area contributed by atoms with Crippen molar-refractivity contribution in [3.05, 3.63) is 141 Å². The van der Waals surface area contributed by atoms with Gasteiger partial charge >= 0.3 is 0 Å². The second-order valence-electron chi connectivity index (χ2n) is 15.6. The molecule has 9 aromatic rings. The maximum atomic E-state index is 14.5. The van der Waals surface area contributed by atoms with Crippen molar-refractivity contribution in [2.45, 2.75) is 52.4 Å². The fourth-order valence-electron chi connectivity index (χ4n) is 7.50. The summed E-state index contributed by atoms with van der Waals surface area (Å²) in [7, 11) is 0. The molecule has 0 N–H and O–H groups in total. The van der Waals surface area contributed by atoms with Crippen molar-refractivity contribution in [3.63, 3.8) is 0 Å². The zero-order chi connectivity index (χ0) is 34.7. The molecule has 0 aliphatic rings. The summed E-state index contributed by atoms with van der Waals surface area (Å²) in [5.74, 6) is 0. The molecule has 0 atom stereocenters. The first-order chi connectivity index (χ1) is 23.9. The van der Waals surface area contributed by atoms with Gasteiger partial charge in [0.15, 0.2) is 10.9 Å². The van der Waals surface area contributed by atoms with E-state index in [0.717, 1.165) is 66.5 Å². The number of aromatic nitrogens is 2. The van der Waals surface area contributed by atoms with E-state index in [9.17, 15) is 9.59 Å². The summed E-state index contributed by atoms with van der Waals surface area (Å²) in [6.07, 6.45) is 1.78. The Morgan fingerprint density at radius 3 is 1.76 bits per heavy atom. The van der Waals surface area contributed by atoms with Gasteiger partial charge in [0, 0.05) is 44.1 Å². The molecule has 5 heteroatoms. The molecule has 4 aromatic heterocycles. The highest BCUT2D eigenvalue weighted by Crippen LogP contribution is 2.39.